The number of aldehydes is 1. The third-order valence-electron chi connectivity index (χ3n) is 10.2. The van der Waals surface area contributed by atoms with Crippen molar-refractivity contribution in [3.63, 3.8) is 0 Å². The lowest BCUT2D eigenvalue weighted by molar-refractivity contribution is 0.0991. The first kappa shape index (κ1) is 45.3. The zero-order valence-corrected chi connectivity index (χ0v) is 36.2. The fraction of sp³-hybridized carbons (Fsp3) is 0.364. The van der Waals surface area contributed by atoms with Gasteiger partial charge in [0.15, 0.2) is 6.29 Å². The molecule has 19 nitrogen and oxygen atoms in total. The van der Waals surface area contributed by atoms with Gasteiger partial charge in [-0.15, -0.1) is 0 Å². The number of primary amides is 2. The summed E-state index contributed by atoms with van der Waals surface area (Å²) in [7, 11) is 1.73. The maximum Gasteiger partial charge on any atom is 0.276 e. The number of benzene rings is 2. The smallest absolute Gasteiger partial charge is 0.276 e. The number of carbonyl (C=O) groups is 4. The summed E-state index contributed by atoms with van der Waals surface area (Å²) in [5.41, 5.74) is 16.8. The van der Waals surface area contributed by atoms with Gasteiger partial charge in [-0.1, -0.05) is 31.2 Å². The van der Waals surface area contributed by atoms with Crippen molar-refractivity contribution in [3.8, 4) is 11.5 Å². The van der Waals surface area contributed by atoms with Crippen molar-refractivity contribution in [3.05, 3.63) is 88.0 Å². The molecule has 2 aromatic carbocycles. The summed E-state index contributed by atoms with van der Waals surface area (Å²) in [6.07, 6.45) is 10.9. The zero-order chi connectivity index (χ0) is 45.2. The fourth-order valence-electron chi connectivity index (χ4n) is 7.25. The monoisotopic (exact) mass is 862 g/mol. The van der Waals surface area contributed by atoms with Crippen LogP contribution in [0, 0.1) is 13.8 Å². The number of amides is 3. The van der Waals surface area contributed by atoms with E-state index in [1.54, 1.807) is 51.3 Å². The van der Waals surface area contributed by atoms with Gasteiger partial charge in [0.2, 0.25) is 23.7 Å². The van der Waals surface area contributed by atoms with E-state index in [-0.39, 0.29) is 36.8 Å². The maximum atomic E-state index is 14.4. The summed E-state index contributed by atoms with van der Waals surface area (Å²) < 4.78 is 19.2. The molecule has 0 saturated heterocycles. The fourth-order valence-corrected chi connectivity index (χ4v) is 7.25. The number of aryl methyl sites for hydroxylation is 4. The van der Waals surface area contributed by atoms with Gasteiger partial charge in [0.1, 0.15) is 33.9 Å². The van der Waals surface area contributed by atoms with Gasteiger partial charge >= 0.3 is 0 Å². The van der Waals surface area contributed by atoms with E-state index in [9.17, 15) is 24.3 Å². The van der Waals surface area contributed by atoms with Crippen molar-refractivity contribution in [1.29, 1.82) is 0 Å². The lowest BCUT2D eigenvalue weighted by Gasteiger charge is -2.13. The van der Waals surface area contributed by atoms with Crippen LogP contribution in [-0.4, -0.2) is 94.6 Å². The van der Waals surface area contributed by atoms with Crippen molar-refractivity contribution in [2.45, 2.75) is 79.6 Å². The van der Waals surface area contributed by atoms with E-state index in [2.05, 4.69) is 25.8 Å². The van der Waals surface area contributed by atoms with Gasteiger partial charge in [0.05, 0.1) is 35.6 Å². The summed E-state index contributed by atoms with van der Waals surface area (Å²) in [5.74, 6) is -0.265. The molecule has 0 spiro atoms. The SMILES string of the molecule is CCCOc1cc(C(N)=O)cc2nc(NC(=O)c3c(/C=C\CCCn4nc(C)cc4C=O)c(C)nn3CC)n(C/C=C/Cn3c(NC)nc4cc(C(N)=O)cc(OCCCO)c43)c12. The van der Waals surface area contributed by atoms with Crippen LogP contribution in [0.25, 0.3) is 28.1 Å². The molecule has 0 radical (unpaired) electrons. The Morgan fingerprint density at radius 3 is 2.00 bits per heavy atom. The number of nitrogens with two attached hydrogens (primary N) is 2. The number of allylic oxidation sites excluding steroid dienone is 3. The molecule has 3 amide bonds. The van der Waals surface area contributed by atoms with Crippen LogP contribution in [0.5, 0.6) is 11.5 Å². The minimum atomic E-state index is -0.656. The summed E-state index contributed by atoms with van der Waals surface area (Å²) in [6, 6.07) is 8.06. The molecule has 19 heteroatoms. The number of hydrogen-bond donors (Lipinski definition) is 5. The molecule has 63 heavy (non-hydrogen) atoms. The van der Waals surface area contributed by atoms with Gasteiger partial charge in [-0.2, -0.15) is 10.2 Å². The van der Waals surface area contributed by atoms with Gasteiger partial charge in [0, 0.05) is 62.9 Å². The standard InChI is InChI=1S/C44H54N12O7/c1-6-19-62-35-24-30(41(46)60)23-34-39(35)54(16-12-11-15-53-38-33(48-43(53)47-5)22-29(40(45)59)25-36(38)63-20-13-18-57)44(49-34)50-42(61)37-32(28(4)52-55(37)7-2)14-9-8-10-17-56-31(26-58)21-27(3)51-56/h9,11-12,14,21-26,57H,6-8,10,13,15-20H2,1-5H3,(H2,45,59)(H2,46,60)(H,47,48)(H,49,50,61)/b12-11+,14-9-. The number of aliphatic hydroxyl groups is 1. The largest absolute Gasteiger partial charge is 0.491 e. The van der Waals surface area contributed by atoms with Gasteiger partial charge in [-0.3, -0.25) is 33.9 Å². The van der Waals surface area contributed by atoms with Gasteiger partial charge in [0.25, 0.3) is 5.91 Å². The van der Waals surface area contributed by atoms with Crippen molar-refractivity contribution >= 4 is 64.0 Å². The quantitative estimate of drug-likeness (QED) is 0.0324. The molecule has 6 aromatic rings. The highest BCUT2D eigenvalue weighted by Crippen LogP contribution is 2.33. The van der Waals surface area contributed by atoms with Crippen LogP contribution in [0.15, 0.2) is 48.6 Å². The molecule has 4 aromatic heterocycles. The number of carbonyl (C=O) groups excluding carboxylic acids is 4. The molecule has 6 rings (SSSR count). The predicted octanol–water partition coefficient (Wildman–Crippen LogP) is 5.02. The van der Waals surface area contributed by atoms with E-state index < -0.39 is 17.7 Å². The van der Waals surface area contributed by atoms with E-state index in [0.29, 0.717) is 108 Å². The highest BCUT2D eigenvalue weighted by atomic mass is 16.5. The zero-order valence-electron chi connectivity index (χ0n) is 36.2. The second-order valence-electron chi connectivity index (χ2n) is 14.7. The van der Waals surface area contributed by atoms with Crippen LogP contribution in [0.4, 0.5) is 11.9 Å². The lowest BCUT2D eigenvalue weighted by atomic mass is 10.1. The Morgan fingerprint density at radius 1 is 0.810 bits per heavy atom. The van der Waals surface area contributed by atoms with Crippen LogP contribution in [-0.2, 0) is 26.2 Å². The van der Waals surface area contributed by atoms with Gasteiger partial charge in [-0.25, -0.2) is 9.97 Å². The second kappa shape index (κ2) is 20.5. The molecule has 0 unspecified atom stereocenters. The molecule has 4 heterocycles. The molecule has 0 atom stereocenters. The van der Waals surface area contributed by atoms with Crippen LogP contribution >= 0.6 is 0 Å². The molecule has 0 fully saturated rings. The minimum Gasteiger partial charge on any atom is -0.491 e. The summed E-state index contributed by atoms with van der Waals surface area (Å²) >= 11 is 0. The number of aromatic nitrogens is 8. The van der Waals surface area contributed by atoms with E-state index in [1.165, 1.54) is 0 Å². The lowest BCUT2D eigenvalue weighted by Crippen LogP contribution is -2.21. The Balaban J connectivity index is 1.34. The van der Waals surface area contributed by atoms with E-state index >= 15 is 0 Å². The number of hydrogen-bond acceptors (Lipinski definition) is 12. The van der Waals surface area contributed by atoms with Crippen LogP contribution in [0.3, 0.4) is 0 Å². The molecular weight excluding hydrogens is 809 g/mol. The summed E-state index contributed by atoms with van der Waals surface area (Å²) in [4.78, 5) is 60.0. The molecule has 0 aliphatic heterocycles. The van der Waals surface area contributed by atoms with Gasteiger partial charge in [-0.05, 0) is 70.4 Å². The number of unbranched alkanes of at least 4 members (excludes halogenated alkanes) is 1. The van der Waals surface area contributed by atoms with E-state index in [4.69, 9.17) is 25.9 Å². The minimum absolute atomic E-state index is 0.0672. The molecule has 332 valence electrons. The normalized spacial score (nSPS) is 11.7. The van der Waals surface area contributed by atoms with Crippen molar-refractivity contribution in [2.75, 3.05) is 37.5 Å². The Hall–Kier alpha value is -7.28. The third-order valence-corrected chi connectivity index (χ3v) is 10.2. The first-order valence-electron chi connectivity index (χ1n) is 20.8. The number of nitrogens with one attached hydrogen (secondary N) is 2. The Bertz CT molecular complexity index is 2700. The van der Waals surface area contributed by atoms with Crippen molar-refractivity contribution in [2.24, 2.45) is 11.5 Å². The molecule has 0 aliphatic carbocycles. The Labute approximate surface area is 363 Å². The number of rotatable bonds is 23. The molecule has 0 bridgehead atoms. The first-order valence-corrected chi connectivity index (χ1v) is 20.8. The number of imidazole rings is 2. The number of anilines is 2. The van der Waals surface area contributed by atoms with Gasteiger partial charge < -0.3 is 40.5 Å². The van der Waals surface area contributed by atoms with Crippen molar-refractivity contribution in [1.82, 2.24) is 38.7 Å². The first-order chi connectivity index (χ1) is 30.4. The van der Waals surface area contributed by atoms with Crippen LogP contribution in [0.2, 0.25) is 0 Å². The molecule has 0 aliphatic rings. The Kier molecular flexibility index (Phi) is 14.7. The average Bonchev–Trinajstić information content (AvgIpc) is 4.01. The second-order valence-corrected chi connectivity index (χ2v) is 14.7. The number of fused-ring (bicyclic) bond motifs is 2. The third kappa shape index (κ3) is 10.1. The summed E-state index contributed by atoms with van der Waals surface area (Å²) in [5, 5.41) is 24.6. The van der Waals surface area contributed by atoms with Crippen LogP contribution in [0.1, 0.15) is 98.2 Å². The van der Waals surface area contributed by atoms with E-state index in [0.717, 1.165) is 18.4 Å². The number of nitrogens with zero attached hydrogens (tertiary/aromatic N) is 8. The Morgan fingerprint density at radius 2 is 1.43 bits per heavy atom. The van der Waals surface area contributed by atoms with E-state index in [1.807, 2.05) is 56.6 Å². The van der Waals surface area contributed by atoms with Crippen molar-refractivity contribution < 1.29 is 33.8 Å². The number of aliphatic hydroxyl groups excluding tert-OH is 1. The molecule has 7 N–H and O–H groups in total. The molecule has 0 saturated carbocycles. The van der Waals surface area contributed by atoms with Crippen LogP contribution < -0.4 is 31.6 Å². The maximum absolute atomic E-state index is 14.4. The number of ether oxygens (including phenoxy) is 2. The predicted molar refractivity (Wildman–Crippen MR) is 239 cm³/mol. The molecular formula is C44H54N12O7. The highest BCUT2D eigenvalue weighted by Gasteiger charge is 2.24. The highest BCUT2D eigenvalue weighted by molar-refractivity contribution is 6.06. The summed E-state index contributed by atoms with van der Waals surface area (Å²) in [6.45, 7) is 9.55. The average molecular weight is 863 g/mol. The topological polar surface area (TPSA) is 254 Å².